The second kappa shape index (κ2) is 16.6. The topological polar surface area (TPSA) is 116 Å². The van der Waals surface area contributed by atoms with E-state index in [4.69, 9.17) is 25.8 Å². The van der Waals surface area contributed by atoms with Crippen molar-refractivity contribution in [1.29, 1.82) is 0 Å². The van der Waals surface area contributed by atoms with Gasteiger partial charge in [0.1, 0.15) is 17.3 Å². The number of fused-ring (bicyclic) bond motifs is 7. The fourth-order valence-corrected chi connectivity index (χ4v) is 14.0. The van der Waals surface area contributed by atoms with E-state index in [1.165, 1.54) is 4.90 Å². The van der Waals surface area contributed by atoms with E-state index in [9.17, 15) is 19.2 Å². The van der Waals surface area contributed by atoms with Crippen LogP contribution < -0.4 is 0 Å². The molecule has 350 valence electrons. The number of nitrogens with zero attached hydrogens (tertiary/aromatic N) is 1. The molecule has 4 saturated carbocycles. The van der Waals surface area contributed by atoms with Gasteiger partial charge >= 0.3 is 18.0 Å². The fourth-order valence-electron chi connectivity index (χ4n) is 13.8. The van der Waals surface area contributed by atoms with Gasteiger partial charge in [0.05, 0.1) is 23.8 Å². The Morgan fingerprint density at radius 2 is 1.40 bits per heavy atom. The van der Waals surface area contributed by atoms with E-state index in [0.29, 0.717) is 23.3 Å². The summed E-state index contributed by atoms with van der Waals surface area (Å²) in [4.78, 5) is 71.6. The van der Waals surface area contributed by atoms with Gasteiger partial charge in [-0.2, -0.15) is 0 Å². The molecule has 63 heavy (non-hydrogen) atoms. The van der Waals surface area contributed by atoms with E-state index >= 15 is 4.79 Å². The number of Topliss-reactive ketones (excluding diaryl/α,β-unsaturated/α-hetero) is 2. The number of rotatable bonds is 10. The minimum absolute atomic E-state index is 0.0101. The maximum absolute atomic E-state index is 15.2. The maximum Gasteiger partial charge on any atom is 0.410 e. The first-order chi connectivity index (χ1) is 28.8. The van der Waals surface area contributed by atoms with Crippen LogP contribution in [-0.4, -0.2) is 58.3 Å². The van der Waals surface area contributed by atoms with Gasteiger partial charge in [0.15, 0.2) is 11.6 Å². The molecule has 10 heteroatoms. The Hall–Kier alpha value is -3.20. The summed E-state index contributed by atoms with van der Waals surface area (Å²) >= 11 is 6.21. The number of allylic oxidation sites excluding steroid dienone is 2. The number of esters is 2. The Morgan fingerprint density at radius 3 is 1.98 bits per heavy atom. The molecule has 0 unspecified atom stereocenters. The minimum atomic E-state index is -1.01. The highest BCUT2D eigenvalue weighted by atomic mass is 35.5. The Bertz CT molecular complexity index is 2020. The third-order valence-corrected chi connectivity index (χ3v) is 17.2. The van der Waals surface area contributed by atoms with Gasteiger partial charge in [-0.25, -0.2) is 4.79 Å². The van der Waals surface area contributed by atoms with E-state index in [0.717, 1.165) is 61.7 Å². The first-order valence-corrected chi connectivity index (χ1v) is 24.2. The average Bonchev–Trinajstić information content (AvgIpc) is 3.45. The Kier molecular flexibility index (Phi) is 13.0. The summed E-state index contributed by atoms with van der Waals surface area (Å²) in [6.07, 6.45) is 6.26. The van der Waals surface area contributed by atoms with Gasteiger partial charge in [-0.3, -0.25) is 24.1 Å². The zero-order chi connectivity index (χ0) is 47.1. The summed E-state index contributed by atoms with van der Waals surface area (Å²) in [5, 5.41) is 0.587. The first-order valence-electron chi connectivity index (χ1n) is 23.8. The van der Waals surface area contributed by atoms with Gasteiger partial charge in [-0.1, -0.05) is 72.2 Å². The molecule has 1 amide bonds. The first kappa shape index (κ1) is 49.2. The van der Waals surface area contributed by atoms with Gasteiger partial charge in [0, 0.05) is 23.4 Å². The number of hydrogen-bond donors (Lipinski definition) is 0. The molecular weight excluding hydrogens is 814 g/mol. The third kappa shape index (κ3) is 8.92. The zero-order valence-electron chi connectivity index (χ0n) is 41.3. The number of ether oxygens (including phenoxy) is 3. The number of carbonyl (C=O) groups is 5. The van der Waals surface area contributed by atoms with E-state index in [-0.39, 0.29) is 83.1 Å². The van der Waals surface area contributed by atoms with Crippen molar-refractivity contribution in [1.82, 2.24) is 4.90 Å². The number of hydrogen-bond acceptors (Lipinski definition) is 8. The van der Waals surface area contributed by atoms with Crippen molar-refractivity contribution in [3.63, 3.8) is 0 Å². The van der Waals surface area contributed by atoms with Crippen molar-refractivity contribution in [2.75, 3.05) is 6.54 Å². The molecule has 0 saturated heterocycles. The summed E-state index contributed by atoms with van der Waals surface area (Å²) in [6.45, 7) is 30.7. The third-order valence-electron chi connectivity index (χ3n) is 17.0. The van der Waals surface area contributed by atoms with Crippen LogP contribution in [0, 0.1) is 56.2 Å². The normalized spacial score (nSPS) is 32.8. The summed E-state index contributed by atoms with van der Waals surface area (Å²) in [5.41, 5.74) is -1.18. The van der Waals surface area contributed by atoms with Gasteiger partial charge < -0.3 is 14.2 Å². The van der Waals surface area contributed by atoms with E-state index in [2.05, 4.69) is 48.5 Å². The smallest absolute Gasteiger partial charge is 0.410 e. The second-order valence-electron chi connectivity index (χ2n) is 24.6. The Balaban J connectivity index is 1.27. The number of benzene rings is 1. The van der Waals surface area contributed by atoms with Crippen molar-refractivity contribution in [2.45, 2.75) is 192 Å². The molecule has 5 aliphatic carbocycles. The lowest BCUT2D eigenvalue weighted by Crippen LogP contribution is -2.66. The Morgan fingerprint density at radius 1 is 0.778 bits per heavy atom. The highest BCUT2D eigenvalue weighted by molar-refractivity contribution is 6.30. The lowest BCUT2D eigenvalue weighted by atomic mass is 9.33. The number of halogens is 1. The molecule has 6 rings (SSSR count). The number of amides is 1. The fraction of sp³-hybridized carbons (Fsp3) is 0.755. The molecule has 0 aromatic heterocycles. The molecule has 0 heterocycles. The summed E-state index contributed by atoms with van der Waals surface area (Å²) < 4.78 is 17.9. The van der Waals surface area contributed by atoms with Crippen LogP contribution in [0.3, 0.4) is 0 Å². The molecule has 1 aromatic rings. The Labute approximate surface area is 383 Å². The summed E-state index contributed by atoms with van der Waals surface area (Å²) in [5.74, 6) is -0.0216. The van der Waals surface area contributed by atoms with Crippen molar-refractivity contribution in [2.24, 2.45) is 56.2 Å². The van der Waals surface area contributed by atoms with E-state index in [1.807, 2.05) is 53.7 Å². The highest BCUT2D eigenvalue weighted by Gasteiger charge is 2.71. The SMILES string of the molecule is CC(C)C1=C2[C@H]3CC[C@@H]4[C@@]5(C)CC[C@H](OC(=O)CC(C)(C)C(=O)OC(C)(C)C)C(C)(C)[C@@H]5CC[C@@]4(C)[C@]3(C)CC[C@@]2(C(=O)CN(Cc2ccc(Cl)cc2)C(=O)OC(C)(C)C)CC1=O. The van der Waals surface area contributed by atoms with Crippen molar-refractivity contribution < 1.29 is 38.2 Å². The second-order valence-corrected chi connectivity index (χ2v) is 25.0. The van der Waals surface area contributed by atoms with Crippen molar-refractivity contribution in [3.8, 4) is 0 Å². The summed E-state index contributed by atoms with van der Waals surface area (Å²) in [6, 6.07) is 7.28. The zero-order valence-corrected chi connectivity index (χ0v) is 42.0. The van der Waals surface area contributed by atoms with Crippen LogP contribution in [0.1, 0.15) is 174 Å². The maximum atomic E-state index is 15.2. The van der Waals surface area contributed by atoms with Crippen LogP contribution in [0.2, 0.25) is 5.02 Å². The molecule has 0 bridgehead atoms. The molecule has 0 aliphatic heterocycles. The van der Waals surface area contributed by atoms with Crippen LogP contribution >= 0.6 is 11.6 Å². The number of carbonyl (C=O) groups excluding carboxylic acids is 5. The van der Waals surface area contributed by atoms with Crippen LogP contribution in [0.4, 0.5) is 4.79 Å². The van der Waals surface area contributed by atoms with Crippen LogP contribution in [0.5, 0.6) is 0 Å². The summed E-state index contributed by atoms with van der Waals surface area (Å²) in [7, 11) is 0. The molecule has 0 N–H and O–H groups in total. The predicted octanol–water partition coefficient (Wildman–Crippen LogP) is 12.3. The minimum Gasteiger partial charge on any atom is -0.462 e. The molecule has 0 spiro atoms. The van der Waals surface area contributed by atoms with Crippen molar-refractivity contribution in [3.05, 3.63) is 46.0 Å². The molecule has 1 aromatic carbocycles. The number of ketones is 2. The van der Waals surface area contributed by atoms with Gasteiger partial charge in [0.25, 0.3) is 0 Å². The van der Waals surface area contributed by atoms with Crippen LogP contribution in [0.25, 0.3) is 0 Å². The average molecular weight is 893 g/mol. The van der Waals surface area contributed by atoms with E-state index in [1.54, 1.807) is 26.0 Å². The monoisotopic (exact) mass is 892 g/mol. The van der Waals surface area contributed by atoms with Gasteiger partial charge in [0.2, 0.25) is 0 Å². The molecule has 0 radical (unpaired) electrons. The van der Waals surface area contributed by atoms with Crippen LogP contribution in [-0.2, 0) is 39.9 Å². The quantitative estimate of drug-likeness (QED) is 0.168. The lowest BCUT2D eigenvalue weighted by Gasteiger charge is -2.72. The molecule has 8 atom stereocenters. The highest BCUT2D eigenvalue weighted by Crippen LogP contribution is 2.77. The van der Waals surface area contributed by atoms with E-state index < -0.39 is 34.1 Å². The largest absolute Gasteiger partial charge is 0.462 e. The molecule has 9 nitrogen and oxygen atoms in total. The van der Waals surface area contributed by atoms with Crippen LogP contribution in [0.15, 0.2) is 35.4 Å². The predicted molar refractivity (Wildman–Crippen MR) is 247 cm³/mol. The molecular formula is C53H78ClNO8. The lowest BCUT2D eigenvalue weighted by molar-refractivity contribution is -0.233. The molecule has 4 fully saturated rings. The van der Waals surface area contributed by atoms with Crippen molar-refractivity contribution >= 4 is 41.2 Å². The van der Waals surface area contributed by atoms with Gasteiger partial charge in [-0.05, 0) is 176 Å². The molecule has 5 aliphatic rings. The van der Waals surface area contributed by atoms with Gasteiger partial charge in [-0.15, -0.1) is 0 Å². The standard InChI is InChI=1S/C53H78ClNO8/c1-32(2)42-36(56)28-53(39(57)31-55(45(60)63-47(6,7)8)30-33-16-18-34(54)19-17-33)27-26-51(14)35(43(42)53)20-21-38-50(13)24-23-40(49(11,12)37(50)22-25-52(38,51)15)61-41(58)29-48(9,10)44(59)62-46(3,4)5/h16-19,32,35,37-38,40H,20-31H2,1-15H3/t35-,37+,38-,40+,50+,51-,52-,53+/m1/s1.